The molecule has 2 aromatic rings. The number of halogens is 4. The van der Waals surface area contributed by atoms with Gasteiger partial charge in [-0.2, -0.15) is 0 Å². The lowest BCUT2D eigenvalue weighted by Gasteiger charge is -2.13. The van der Waals surface area contributed by atoms with Gasteiger partial charge in [0.1, 0.15) is 10.0 Å². The van der Waals surface area contributed by atoms with Gasteiger partial charge in [-0.05, 0) is 32.0 Å². The molecular formula is C15H12Cl4N2O2. The number of aryl methyl sites for hydroxylation is 2. The van der Waals surface area contributed by atoms with Crippen molar-refractivity contribution in [2.24, 2.45) is 0 Å². The number of carbonyl (C=O) groups excluding carboxylic acids is 1. The number of benzene rings is 1. The van der Waals surface area contributed by atoms with Crippen molar-refractivity contribution < 1.29 is 9.53 Å². The molecule has 1 aromatic carbocycles. The van der Waals surface area contributed by atoms with Crippen molar-refractivity contribution in [3.63, 3.8) is 0 Å². The highest BCUT2D eigenvalue weighted by atomic mass is 35.5. The fourth-order valence-electron chi connectivity index (χ4n) is 1.82. The predicted octanol–water partition coefficient (Wildman–Crippen LogP) is 5.33. The van der Waals surface area contributed by atoms with Gasteiger partial charge in [-0.1, -0.05) is 46.4 Å². The summed E-state index contributed by atoms with van der Waals surface area (Å²) in [5.74, 6) is -0.177. The minimum Gasteiger partial charge on any atom is -0.480 e. The van der Waals surface area contributed by atoms with Crippen molar-refractivity contribution in [1.82, 2.24) is 4.98 Å². The third-order valence-electron chi connectivity index (χ3n) is 2.92. The van der Waals surface area contributed by atoms with Gasteiger partial charge < -0.3 is 10.1 Å². The highest BCUT2D eigenvalue weighted by Gasteiger charge is 2.16. The topological polar surface area (TPSA) is 51.2 Å². The van der Waals surface area contributed by atoms with Crippen LogP contribution in [0, 0.1) is 13.8 Å². The zero-order chi connectivity index (χ0) is 17.1. The highest BCUT2D eigenvalue weighted by molar-refractivity contribution is 6.38. The van der Waals surface area contributed by atoms with E-state index in [-0.39, 0.29) is 22.4 Å². The molecule has 1 aromatic heterocycles. The summed E-state index contributed by atoms with van der Waals surface area (Å²) < 4.78 is 5.44. The first-order valence-corrected chi connectivity index (χ1v) is 8.00. The molecule has 0 atom stereocenters. The summed E-state index contributed by atoms with van der Waals surface area (Å²) in [5, 5.41) is 3.98. The Kier molecular flexibility index (Phi) is 5.98. The molecule has 0 aliphatic carbocycles. The van der Waals surface area contributed by atoms with E-state index in [0.29, 0.717) is 27.1 Å². The number of aromatic nitrogens is 1. The van der Waals surface area contributed by atoms with Crippen LogP contribution in [0.25, 0.3) is 0 Å². The monoisotopic (exact) mass is 392 g/mol. The van der Waals surface area contributed by atoms with E-state index in [1.807, 2.05) is 0 Å². The number of anilines is 1. The van der Waals surface area contributed by atoms with Crippen LogP contribution in [0.2, 0.25) is 20.1 Å². The summed E-state index contributed by atoms with van der Waals surface area (Å²) >= 11 is 24.0. The van der Waals surface area contributed by atoms with E-state index in [1.165, 1.54) is 6.07 Å². The fourth-order valence-corrected chi connectivity index (χ4v) is 2.70. The molecule has 0 spiro atoms. The second kappa shape index (κ2) is 7.58. The summed E-state index contributed by atoms with van der Waals surface area (Å²) in [6.07, 6.45) is 0. The van der Waals surface area contributed by atoms with Crippen LogP contribution < -0.4 is 10.1 Å². The maximum atomic E-state index is 12.0. The van der Waals surface area contributed by atoms with E-state index in [9.17, 15) is 4.79 Å². The SMILES string of the molecule is Cc1nc(C)c(Cl)c(OCC(=O)Nc2ccc(Cl)cc2Cl)c1Cl. The first-order chi connectivity index (χ1) is 10.8. The highest BCUT2D eigenvalue weighted by Crippen LogP contribution is 2.36. The Morgan fingerprint density at radius 3 is 2.30 bits per heavy atom. The summed E-state index contributed by atoms with van der Waals surface area (Å²) in [6, 6.07) is 4.75. The Hall–Kier alpha value is -1.20. The van der Waals surface area contributed by atoms with Gasteiger partial charge >= 0.3 is 0 Å². The molecule has 4 nitrogen and oxygen atoms in total. The van der Waals surface area contributed by atoms with Crippen molar-refractivity contribution >= 4 is 58.0 Å². The van der Waals surface area contributed by atoms with Crippen LogP contribution in [-0.4, -0.2) is 17.5 Å². The van der Waals surface area contributed by atoms with Crippen molar-refractivity contribution in [3.05, 3.63) is 49.7 Å². The van der Waals surface area contributed by atoms with Gasteiger partial charge in [-0.15, -0.1) is 0 Å². The van der Waals surface area contributed by atoms with Crippen LogP contribution in [-0.2, 0) is 4.79 Å². The zero-order valence-electron chi connectivity index (χ0n) is 12.2. The maximum absolute atomic E-state index is 12.0. The van der Waals surface area contributed by atoms with Gasteiger partial charge in [0.2, 0.25) is 0 Å². The average molecular weight is 394 g/mol. The van der Waals surface area contributed by atoms with E-state index in [4.69, 9.17) is 51.1 Å². The largest absolute Gasteiger partial charge is 0.480 e. The normalized spacial score (nSPS) is 10.5. The van der Waals surface area contributed by atoms with Gasteiger partial charge in [-0.25, -0.2) is 0 Å². The first-order valence-electron chi connectivity index (χ1n) is 6.49. The molecule has 0 saturated heterocycles. The second-order valence-electron chi connectivity index (χ2n) is 4.70. The second-order valence-corrected chi connectivity index (χ2v) is 6.30. The number of hydrogen-bond acceptors (Lipinski definition) is 3. The minimum atomic E-state index is -0.409. The standard InChI is InChI=1S/C15H12Cl4N2O2/c1-7-13(18)15(14(19)8(2)20-7)23-6-12(22)21-11-4-3-9(16)5-10(11)17/h3-5H,6H2,1-2H3,(H,21,22). The van der Waals surface area contributed by atoms with Crippen LogP contribution in [0.3, 0.4) is 0 Å². The summed E-state index contributed by atoms with van der Waals surface area (Å²) in [4.78, 5) is 16.2. The Morgan fingerprint density at radius 1 is 1.13 bits per heavy atom. The quantitative estimate of drug-likeness (QED) is 0.763. The van der Waals surface area contributed by atoms with Crippen LogP contribution in [0.1, 0.15) is 11.4 Å². The number of ether oxygens (including phenoxy) is 1. The van der Waals surface area contributed by atoms with Crippen LogP contribution in [0.5, 0.6) is 5.75 Å². The average Bonchev–Trinajstić information content (AvgIpc) is 2.48. The van der Waals surface area contributed by atoms with E-state index in [0.717, 1.165) is 0 Å². The van der Waals surface area contributed by atoms with Gasteiger partial charge in [0.25, 0.3) is 5.91 Å². The van der Waals surface area contributed by atoms with E-state index in [1.54, 1.807) is 26.0 Å². The van der Waals surface area contributed by atoms with Crippen LogP contribution in [0.15, 0.2) is 18.2 Å². The molecule has 0 saturated carbocycles. The lowest BCUT2D eigenvalue weighted by atomic mass is 10.3. The van der Waals surface area contributed by atoms with Crippen molar-refractivity contribution in [2.45, 2.75) is 13.8 Å². The van der Waals surface area contributed by atoms with Gasteiger partial charge in [-0.3, -0.25) is 9.78 Å². The lowest BCUT2D eigenvalue weighted by Crippen LogP contribution is -2.20. The molecule has 0 aliphatic heterocycles. The molecule has 0 aliphatic rings. The predicted molar refractivity (Wildman–Crippen MR) is 94.3 cm³/mol. The molecule has 1 heterocycles. The summed E-state index contributed by atoms with van der Waals surface area (Å²) in [6.45, 7) is 3.18. The number of rotatable bonds is 4. The number of pyridine rings is 1. The maximum Gasteiger partial charge on any atom is 0.262 e. The molecule has 23 heavy (non-hydrogen) atoms. The molecule has 0 bridgehead atoms. The smallest absolute Gasteiger partial charge is 0.262 e. The van der Waals surface area contributed by atoms with Gasteiger partial charge in [0, 0.05) is 5.02 Å². The molecule has 2 rings (SSSR count). The van der Waals surface area contributed by atoms with E-state index >= 15 is 0 Å². The van der Waals surface area contributed by atoms with Crippen molar-refractivity contribution in [1.29, 1.82) is 0 Å². The Bertz CT molecular complexity index is 739. The lowest BCUT2D eigenvalue weighted by molar-refractivity contribution is -0.118. The van der Waals surface area contributed by atoms with Gasteiger partial charge in [0.15, 0.2) is 12.4 Å². The van der Waals surface area contributed by atoms with Crippen molar-refractivity contribution in [3.8, 4) is 5.75 Å². The van der Waals surface area contributed by atoms with E-state index in [2.05, 4.69) is 10.3 Å². The fraction of sp³-hybridized carbons (Fsp3) is 0.200. The summed E-state index contributed by atoms with van der Waals surface area (Å²) in [5.41, 5.74) is 1.58. The molecule has 0 radical (unpaired) electrons. The Labute approximate surface area is 153 Å². The van der Waals surface area contributed by atoms with Crippen LogP contribution >= 0.6 is 46.4 Å². The molecule has 0 fully saturated rings. The molecule has 1 N–H and O–H groups in total. The Morgan fingerprint density at radius 2 is 1.74 bits per heavy atom. The number of amides is 1. The van der Waals surface area contributed by atoms with Gasteiger partial charge in [0.05, 0.1) is 22.1 Å². The Balaban J connectivity index is 2.08. The number of nitrogens with one attached hydrogen (secondary N) is 1. The molecule has 1 amide bonds. The third kappa shape index (κ3) is 4.42. The minimum absolute atomic E-state index is 0.232. The van der Waals surface area contributed by atoms with Crippen molar-refractivity contribution in [2.75, 3.05) is 11.9 Å². The van der Waals surface area contributed by atoms with E-state index < -0.39 is 5.91 Å². The number of nitrogens with zero attached hydrogens (tertiary/aromatic N) is 1. The zero-order valence-corrected chi connectivity index (χ0v) is 15.2. The third-order valence-corrected chi connectivity index (χ3v) is 4.36. The molecule has 8 heteroatoms. The molecule has 122 valence electrons. The molecule has 0 unspecified atom stereocenters. The van der Waals surface area contributed by atoms with Crippen LogP contribution in [0.4, 0.5) is 5.69 Å². The summed E-state index contributed by atoms with van der Waals surface area (Å²) in [7, 11) is 0. The number of carbonyl (C=O) groups is 1. The first kappa shape index (κ1) is 18.1. The number of hydrogen-bond donors (Lipinski definition) is 1. The molecular weight excluding hydrogens is 382 g/mol.